The third-order valence-electron chi connectivity index (χ3n) is 2.63. The molecule has 0 spiro atoms. The van der Waals surface area contributed by atoms with Crippen LogP contribution in [0.2, 0.25) is 0 Å². The summed E-state index contributed by atoms with van der Waals surface area (Å²) in [6.45, 7) is 1.37. The molecule has 2 amide bonds. The van der Waals surface area contributed by atoms with Crippen LogP contribution < -0.4 is 22.1 Å². The first-order valence-corrected chi connectivity index (χ1v) is 6.23. The third kappa shape index (κ3) is 5.15. The van der Waals surface area contributed by atoms with Crippen LogP contribution in [0.5, 0.6) is 0 Å². The Morgan fingerprint density at radius 3 is 2.70 bits per heavy atom. The molecule has 0 aliphatic heterocycles. The van der Waals surface area contributed by atoms with Crippen LogP contribution in [0.25, 0.3) is 0 Å². The molecule has 0 heterocycles. The van der Waals surface area contributed by atoms with E-state index in [1.165, 1.54) is 0 Å². The van der Waals surface area contributed by atoms with Crippen molar-refractivity contribution in [2.75, 3.05) is 37.9 Å². The fraction of sp³-hybridized carbons (Fsp3) is 0.385. The van der Waals surface area contributed by atoms with Crippen LogP contribution in [-0.4, -0.2) is 38.6 Å². The van der Waals surface area contributed by atoms with Crippen LogP contribution in [0.1, 0.15) is 16.8 Å². The second kappa shape index (κ2) is 8.00. The number of carbonyl (C=O) groups excluding carboxylic acids is 2. The number of benzene rings is 1. The van der Waals surface area contributed by atoms with E-state index >= 15 is 0 Å². The van der Waals surface area contributed by atoms with Gasteiger partial charge in [-0.15, -0.1) is 0 Å². The summed E-state index contributed by atoms with van der Waals surface area (Å²) in [6.07, 6.45) is 0.296. The third-order valence-corrected chi connectivity index (χ3v) is 2.63. The largest absolute Gasteiger partial charge is 0.397 e. The van der Waals surface area contributed by atoms with Crippen molar-refractivity contribution in [3.63, 3.8) is 0 Å². The smallest absolute Gasteiger partial charge is 0.248 e. The van der Waals surface area contributed by atoms with Crippen LogP contribution in [0, 0.1) is 0 Å². The number of hydrogen-bond donors (Lipinski definition) is 4. The van der Waals surface area contributed by atoms with E-state index < -0.39 is 5.91 Å². The van der Waals surface area contributed by atoms with Gasteiger partial charge in [-0.05, 0) is 18.2 Å². The summed E-state index contributed by atoms with van der Waals surface area (Å²) in [5.41, 5.74) is 12.4. The number of methoxy groups -OCH3 is 1. The SMILES string of the molecule is COCCNC(=O)CCNc1cc(C(N)=O)ccc1N. The van der Waals surface area contributed by atoms with Gasteiger partial charge in [-0.3, -0.25) is 9.59 Å². The average molecular weight is 280 g/mol. The maximum atomic E-state index is 11.5. The molecule has 110 valence electrons. The van der Waals surface area contributed by atoms with Crippen molar-refractivity contribution in [1.29, 1.82) is 0 Å². The van der Waals surface area contributed by atoms with Crippen molar-refractivity contribution in [2.45, 2.75) is 6.42 Å². The Bertz CT molecular complexity index is 477. The van der Waals surface area contributed by atoms with E-state index in [0.29, 0.717) is 43.1 Å². The Morgan fingerprint density at radius 2 is 2.05 bits per heavy atom. The van der Waals surface area contributed by atoms with E-state index in [1.54, 1.807) is 25.3 Å². The van der Waals surface area contributed by atoms with Gasteiger partial charge in [-0.2, -0.15) is 0 Å². The van der Waals surface area contributed by atoms with Gasteiger partial charge in [0.15, 0.2) is 0 Å². The zero-order valence-corrected chi connectivity index (χ0v) is 11.4. The molecule has 1 aromatic carbocycles. The zero-order chi connectivity index (χ0) is 15.0. The Hall–Kier alpha value is -2.28. The maximum absolute atomic E-state index is 11.5. The first kappa shape index (κ1) is 15.8. The minimum Gasteiger partial charge on any atom is -0.397 e. The summed E-state index contributed by atoms with van der Waals surface area (Å²) in [4.78, 5) is 22.5. The molecule has 0 unspecified atom stereocenters. The number of nitrogens with two attached hydrogens (primary N) is 2. The van der Waals surface area contributed by atoms with Crippen molar-refractivity contribution in [1.82, 2.24) is 5.32 Å². The molecular formula is C13H20N4O3. The highest BCUT2D eigenvalue weighted by Gasteiger charge is 2.06. The van der Waals surface area contributed by atoms with E-state index in [9.17, 15) is 9.59 Å². The molecule has 0 bridgehead atoms. The summed E-state index contributed by atoms with van der Waals surface area (Å²) < 4.78 is 4.83. The van der Waals surface area contributed by atoms with Crippen LogP contribution >= 0.6 is 0 Å². The van der Waals surface area contributed by atoms with E-state index in [4.69, 9.17) is 16.2 Å². The van der Waals surface area contributed by atoms with Gasteiger partial charge in [0.05, 0.1) is 18.0 Å². The number of hydrogen-bond acceptors (Lipinski definition) is 5. The molecule has 6 N–H and O–H groups in total. The minimum absolute atomic E-state index is 0.0841. The van der Waals surface area contributed by atoms with Gasteiger partial charge >= 0.3 is 0 Å². The van der Waals surface area contributed by atoms with E-state index in [2.05, 4.69) is 10.6 Å². The predicted molar refractivity (Wildman–Crippen MR) is 77.4 cm³/mol. The zero-order valence-electron chi connectivity index (χ0n) is 11.4. The molecule has 1 rings (SSSR count). The van der Waals surface area contributed by atoms with Gasteiger partial charge in [0.2, 0.25) is 11.8 Å². The minimum atomic E-state index is -0.523. The Balaban J connectivity index is 2.43. The van der Waals surface area contributed by atoms with E-state index in [0.717, 1.165) is 0 Å². The highest BCUT2D eigenvalue weighted by molar-refractivity contribution is 5.95. The van der Waals surface area contributed by atoms with Crippen molar-refractivity contribution < 1.29 is 14.3 Å². The summed E-state index contributed by atoms with van der Waals surface area (Å²) in [5.74, 6) is -0.607. The van der Waals surface area contributed by atoms with Gasteiger partial charge in [0, 0.05) is 32.2 Å². The predicted octanol–water partition coefficient (Wildman–Crippen LogP) is -0.0677. The number of primary amides is 1. The molecule has 0 aliphatic rings. The summed E-state index contributed by atoms with van der Waals surface area (Å²) in [5, 5.41) is 5.71. The van der Waals surface area contributed by atoms with Crippen LogP contribution in [0.4, 0.5) is 11.4 Å². The molecule has 0 radical (unpaired) electrons. The van der Waals surface area contributed by atoms with Crippen molar-refractivity contribution in [3.05, 3.63) is 23.8 Å². The Kier molecular flexibility index (Phi) is 6.31. The quantitative estimate of drug-likeness (QED) is 0.392. The first-order valence-electron chi connectivity index (χ1n) is 6.23. The molecule has 0 fully saturated rings. The molecule has 7 nitrogen and oxygen atoms in total. The number of nitrogens with one attached hydrogen (secondary N) is 2. The molecule has 0 atom stereocenters. The average Bonchev–Trinajstić information content (AvgIpc) is 2.41. The fourth-order valence-electron chi connectivity index (χ4n) is 1.55. The van der Waals surface area contributed by atoms with Crippen molar-refractivity contribution in [2.24, 2.45) is 5.73 Å². The lowest BCUT2D eigenvalue weighted by Gasteiger charge is -2.10. The maximum Gasteiger partial charge on any atom is 0.248 e. The topological polar surface area (TPSA) is 119 Å². The lowest BCUT2D eigenvalue weighted by Crippen LogP contribution is -2.28. The van der Waals surface area contributed by atoms with Gasteiger partial charge in [0.1, 0.15) is 0 Å². The standard InChI is InChI=1S/C13H20N4O3/c1-20-7-6-17-12(18)4-5-16-11-8-9(13(15)19)2-3-10(11)14/h2-3,8,16H,4-7,14H2,1H3,(H2,15,19)(H,17,18). The Morgan fingerprint density at radius 1 is 1.30 bits per heavy atom. The number of amides is 2. The van der Waals surface area contributed by atoms with Gasteiger partial charge in [0.25, 0.3) is 0 Å². The lowest BCUT2D eigenvalue weighted by molar-refractivity contribution is -0.121. The molecule has 0 aromatic heterocycles. The molecule has 20 heavy (non-hydrogen) atoms. The number of nitrogen functional groups attached to an aromatic ring is 1. The van der Waals surface area contributed by atoms with Crippen LogP contribution in [0.3, 0.4) is 0 Å². The highest BCUT2D eigenvalue weighted by Crippen LogP contribution is 2.19. The molecule has 0 aliphatic carbocycles. The second-order valence-corrected chi connectivity index (χ2v) is 4.19. The molecular weight excluding hydrogens is 260 g/mol. The summed E-state index contributed by atoms with van der Waals surface area (Å²) >= 11 is 0. The van der Waals surface area contributed by atoms with Crippen molar-refractivity contribution >= 4 is 23.2 Å². The molecule has 1 aromatic rings. The van der Waals surface area contributed by atoms with E-state index in [-0.39, 0.29) is 5.91 Å². The monoisotopic (exact) mass is 280 g/mol. The van der Waals surface area contributed by atoms with Gasteiger partial charge in [-0.1, -0.05) is 0 Å². The van der Waals surface area contributed by atoms with Crippen LogP contribution in [0.15, 0.2) is 18.2 Å². The lowest BCUT2D eigenvalue weighted by atomic mass is 10.1. The number of anilines is 2. The molecule has 0 saturated heterocycles. The Labute approximate surface area is 117 Å². The molecule has 0 saturated carbocycles. The van der Waals surface area contributed by atoms with Crippen molar-refractivity contribution in [3.8, 4) is 0 Å². The first-order chi connectivity index (χ1) is 9.54. The summed E-state index contributed by atoms with van der Waals surface area (Å²) in [6, 6.07) is 4.72. The number of carbonyl (C=O) groups is 2. The molecule has 7 heteroatoms. The summed E-state index contributed by atoms with van der Waals surface area (Å²) in [7, 11) is 1.57. The van der Waals surface area contributed by atoms with Crippen LogP contribution in [-0.2, 0) is 9.53 Å². The van der Waals surface area contributed by atoms with Gasteiger partial charge in [-0.25, -0.2) is 0 Å². The number of ether oxygens (including phenoxy) is 1. The number of rotatable bonds is 8. The highest BCUT2D eigenvalue weighted by atomic mass is 16.5. The van der Waals surface area contributed by atoms with Gasteiger partial charge < -0.3 is 26.8 Å². The fourth-order valence-corrected chi connectivity index (χ4v) is 1.55. The second-order valence-electron chi connectivity index (χ2n) is 4.19. The normalized spacial score (nSPS) is 10.1. The van der Waals surface area contributed by atoms with E-state index in [1.807, 2.05) is 0 Å².